The highest BCUT2D eigenvalue weighted by molar-refractivity contribution is 6.19. The summed E-state index contributed by atoms with van der Waals surface area (Å²) in [6.45, 7) is 0. The van der Waals surface area contributed by atoms with Crippen molar-refractivity contribution >= 4 is 17.3 Å². The van der Waals surface area contributed by atoms with Gasteiger partial charge in [-0.05, 0) is 303 Å². The number of benzene rings is 22. The maximum atomic E-state index is 17.5. The Morgan fingerprint density at radius 1 is 0.111 bits per heavy atom. The molecule has 0 fully saturated rings. The highest BCUT2D eigenvalue weighted by Gasteiger charge is 2.67. The van der Waals surface area contributed by atoms with Crippen molar-refractivity contribution in [1.82, 2.24) is 0 Å². The van der Waals surface area contributed by atoms with Crippen LogP contribution in [0.15, 0.2) is 473 Å². The lowest BCUT2D eigenvalue weighted by Gasteiger charge is -2.39. The van der Waals surface area contributed by atoms with E-state index in [0.29, 0.717) is 33.4 Å². The van der Waals surface area contributed by atoms with Crippen LogP contribution in [0.1, 0.15) is 181 Å². The van der Waals surface area contributed by atoms with Gasteiger partial charge >= 0.3 is 0 Å². The van der Waals surface area contributed by atoms with Gasteiger partial charge in [-0.2, -0.15) is 0 Å². The maximum Gasteiger partial charge on any atom is 0.193 e. The SMILES string of the molecule is O=C(c1ccc2c(c1)C1(c3ccccc3-c3ccccc31)c1ccccc1-2)c1ccc2c(c1)C1(c3ccccc3-c3ccccc31)c1c-2c2c(c3c1-c1ccc(C(=O)c4ccc5c(c4)C4(c6ccccc6-c6ccccc64)c4ccccc4-5)cc1C31c3ccccc3-c3ccccc31)C1(c3ccccc3-c3ccccc31)c1cc(C(=O)c3ccc4c(c3)C3(c5ccccc5-c5ccccc53)c3ccccc3-4)ccc1-2. The number of fused-ring (bicyclic) bond motifs is 63. The third kappa shape index (κ3) is 8.65. The fourth-order valence-electron chi connectivity index (χ4n) is 31.3. The molecular formula is C141H78O3. The number of rotatable bonds is 6. The fraction of sp³-hybridized carbons (Fsp3) is 0.0426. The number of ketones is 3. The fourth-order valence-corrected chi connectivity index (χ4v) is 31.3. The molecule has 0 bridgehead atoms. The largest absolute Gasteiger partial charge is 0.289 e. The Morgan fingerprint density at radius 2 is 0.236 bits per heavy atom. The van der Waals surface area contributed by atoms with Gasteiger partial charge in [0.05, 0.1) is 32.5 Å². The Labute approximate surface area is 831 Å². The van der Waals surface area contributed by atoms with Gasteiger partial charge in [0.2, 0.25) is 0 Å². The summed E-state index contributed by atoms with van der Waals surface area (Å²) in [4.78, 5) is 52.2. The first-order chi connectivity index (χ1) is 71.2. The van der Waals surface area contributed by atoms with Crippen LogP contribution in [0, 0.1) is 0 Å². The molecule has 22 aromatic rings. The molecule has 6 spiro atoms. The van der Waals surface area contributed by atoms with Crippen molar-refractivity contribution < 1.29 is 14.4 Å². The number of carbonyl (C=O) groups excluding carboxylic acids is 3. The third-order valence-electron chi connectivity index (χ3n) is 36.1. The molecule has 3 nitrogen and oxygen atoms in total. The first-order valence-electron chi connectivity index (χ1n) is 50.5. The van der Waals surface area contributed by atoms with Crippen molar-refractivity contribution in [2.45, 2.75) is 32.5 Å². The van der Waals surface area contributed by atoms with E-state index in [-0.39, 0.29) is 17.3 Å². The normalized spacial score (nSPS) is 15.5. The van der Waals surface area contributed by atoms with Crippen molar-refractivity contribution in [1.29, 1.82) is 0 Å². The van der Waals surface area contributed by atoms with E-state index in [0.717, 1.165) is 167 Å². The van der Waals surface area contributed by atoms with Gasteiger partial charge in [0.25, 0.3) is 0 Å². The van der Waals surface area contributed by atoms with Gasteiger partial charge in [0.15, 0.2) is 17.3 Å². The van der Waals surface area contributed by atoms with E-state index in [1.807, 2.05) is 0 Å². The van der Waals surface area contributed by atoms with Gasteiger partial charge in [-0.3, -0.25) is 14.4 Å². The Bertz CT molecular complexity index is 9580. The van der Waals surface area contributed by atoms with E-state index in [2.05, 4.69) is 473 Å². The molecule has 3 heteroatoms. The van der Waals surface area contributed by atoms with Crippen LogP contribution in [0.3, 0.4) is 0 Å². The van der Waals surface area contributed by atoms with Crippen LogP contribution in [0.25, 0.3) is 134 Å². The molecule has 0 N–H and O–H groups in total. The number of carbonyl (C=O) groups is 3. The maximum absolute atomic E-state index is 17.5. The van der Waals surface area contributed by atoms with E-state index in [1.165, 1.54) is 100 Å². The minimum atomic E-state index is -1.19. The van der Waals surface area contributed by atoms with Gasteiger partial charge in [-0.25, -0.2) is 0 Å². The lowest BCUT2D eigenvalue weighted by molar-refractivity contribution is 0.103. The Balaban J connectivity index is 0.665. The molecule has 0 atom stereocenters. The van der Waals surface area contributed by atoms with Crippen molar-refractivity contribution in [3.63, 3.8) is 0 Å². The van der Waals surface area contributed by atoms with E-state index in [4.69, 9.17) is 0 Å². The summed E-state index contributed by atoms with van der Waals surface area (Å²) in [6.07, 6.45) is 0. The lowest BCUT2D eigenvalue weighted by Crippen LogP contribution is -2.34. The number of hydrogen-bond acceptors (Lipinski definition) is 3. The zero-order valence-electron chi connectivity index (χ0n) is 77.8. The second-order valence-corrected chi connectivity index (χ2v) is 41.5. The molecule has 0 heterocycles. The summed E-state index contributed by atoms with van der Waals surface area (Å²) in [5.41, 5.74) is 52.4. The molecule has 144 heavy (non-hydrogen) atoms. The summed E-state index contributed by atoms with van der Waals surface area (Å²) in [5.74, 6) is -0.223. The van der Waals surface area contributed by atoms with Gasteiger partial charge in [0, 0.05) is 33.4 Å². The van der Waals surface area contributed by atoms with Crippen molar-refractivity contribution in [2.24, 2.45) is 0 Å². The Morgan fingerprint density at radius 3 is 0.424 bits per heavy atom. The van der Waals surface area contributed by atoms with Crippen molar-refractivity contribution in [3.8, 4) is 134 Å². The summed E-state index contributed by atoms with van der Waals surface area (Å²) in [5, 5.41) is 0. The van der Waals surface area contributed by atoms with Gasteiger partial charge in [-0.15, -0.1) is 0 Å². The highest BCUT2D eigenvalue weighted by Crippen LogP contribution is 2.79. The summed E-state index contributed by atoms with van der Waals surface area (Å²) in [6, 6.07) is 175. The zero-order valence-corrected chi connectivity index (χ0v) is 77.8. The Kier molecular flexibility index (Phi) is 14.5. The van der Waals surface area contributed by atoms with Crippen molar-refractivity contribution in [2.75, 3.05) is 0 Å². The lowest BCUT2D eigenvalue weighted by atomic mass is 9.61. The van der Waals surface area contributed by atoms with Crippen molar-refractivity contribution in [3.05, 3.63) is 640 Å². The molecule has 0 amide bonds. The molecule has 12 aliphatic carbocycles. The van der Waals surface area contributed by atoms with Crippen LogP contribution in [-0.4, -0.2) is 17.3 Å². The predicted octanol–water partition coefficient (Wildman–Crippen LogP) is 31.4. The van der Waals surface area contributed by atoms with Crippen LogP contribution >= 0.6 is 0 Å². The van der Waals surface area contributed by atoms with E-state index < -0.39 is 32.5 Å². The van der Waals surface area contributed by atoms with E-state index in [1.54, 1.807) is 0 Å². The monoisotopic (exact) mass is 1820 g/mol. The molecule has 660 valence electrons. The van der Waals surface area contributed by atoms with Crippen LogP contribution in [0.2, 0.25) is 0 Å². The summed E-state index contributed by atoms with van der Waals surface area (Å²) < 4.78 is 0. The van der Waals surface area contributed by atoms with Crippen LogP contribution in [-0.2, 0) is 32.5 Å². The average Bonchev–Trinajstić information content (AvgIpc) is 1.44. The molecule has 0 aliphatic heterocycles. The summed E-state index contributed by atoms with van der Waals surface area (Å²) in [7, 11) is 0. The smallest absolute Gasteiger partial charge is 0.193 e. The molecule has 22 aromatic carbocycles. The minimum Gasteiger partial charge on any atom is -0.289 e. The van der Waals surface area contributed by atoms with E-state index in [9.17, 15) is 0 Å². The summed E-state index contributed by atoms with van der Waals surface area (Å²) >= 11 is 0. The molecule has 0 radical (unpaired) electrons. The predicted molar refractivity (Wildman–Crippen MR) is 574 cm³/mol. The zero-order chi connectivity index (χ0) is 94.1. The standard InChI is InChI=1S/C141H78O3/c142-133(79-61-67-100-97-43-7-22-52-112(97)136(121(100)73-79)106-46-16-1-31-85(106)86-32-2-17-47-107(86)136)82-64-70-103-124(76-82)139(115-55-25-10-37-91(115)92-38-11-26-56-116(92)139)130-127(103)128-104-71-65-83(134(143)80-62-68-101-98-44-8-23-53-113(98)137(122(101)74-80)108-48-18-3-33-87(108)88-34-4-19-49-109(88)137)77-125(104)140(117-57-27-12-39-93(117)94-40-13-28-58-118(94)140)131(128)132-129(130)105-72-66-84(78-126(105)141(132)119-59-29-14-41-95(119)96-42-15-30-60-120(96)141)135(144)81-63-69-102-99-45-9-24-54-114(99)138(123(102)75-81)110-50-20-5-35-89(110)90-36-6-21-51-111(90)138/h1-78H. The van der Waals surface area contributed by atoms with Crippen LogP contribution in [0.5, 0.6) is 0 Å². The molecule has 34 rings (SSSR count). The topological polar surface area (TPSA) is 51.2 Å². The van der Waals surface area contributed by atoms with Gasteiger partial charge in [-0.1, -0.05) is 437 Å². The molecule has 0 saturated heterocycles. The molecule has 12 aliphatic rings. The van der Waals surface area contributed by atoms with E-state index >= 15 is 14.4 Å². The first kappa shape index (κ1) is 77.7. The number of hydrogen-bond donors (Lipinski definition) is 0. The van der Waals surface area contributed by atoms with Gasteiger partial charge in [0.1, 0.15) is 0 Å². The Hall–Kier alpha value is -18.2. The first-order valence-corrected chi connectivity index (χ1v) is 50.5. The molecule has 0 aromatic heterocycles. The molecular weight excluding hydrogens is 1740 g/mol. The third-order valence-corrected chi connectivity index (χ3v) is 36.1. The van der Waals surface area contributed by atoms with Crippen LogP contribution < -0.4 is 0 Å². The van der Waals surface area contributed by atoms with Crippen LogP contribution in [0.4, 0.5) is 0 Å². The average molecular weight is 1820 g/mol. The molecule has 0 unspecified atom stereocenters. The second-order valence-electron chi connectivity index (χ2n) is 41.5. The van der Waals surface area contributed by atoms with Gasteiger partial charge < -0.3 is 0 Å². The second kappa shape index (κ2) is 26.9. The molecule has 0 saturated carbocycles. The quantitative estimate of drug-likeness (QED) is 0.156. The minimum absolute atomic E-state index is 0.0735. The highest BCUT2D eigenvalue weighted by atomic mass is 16.1.